The van der Waals surface area contributed by atoms with Crippen molar-refractivity contribution in [1.29, 1.82) is 0 Å². The summed E-state index contributed by atoms with van der Waals surface area (Å²) in [4.78, 5) is 20.7. The quantitative estimate of drug-likeness (QED) is 0.581. The van der Waals surface area contributed by atoms with Crippen LogP contribution in [0.25, 0.3) is 0 Å². The van der Waals surface area contributed by atoms with Crippen LogP contribution in [0, 0.1) is 10.1 Å². The maximum Gasteiger partial charge on any atom is 0.311 e. The van der Waals surface area contributed by atoms with E-state index in [1.807, 2.05) is 6.92 Å². The second-order valence-electron chi connectivity index (χ2n) is 4.12. The molecule has 7 nitrogen and oxygen atoms in total. The van der Waals surface area contributed by atoms with Crippen molar-refractivity contribution in [2.24, 2.45) is 0 Å². The predicted octanol–water partition coefficient (Wildman–Crippen LogP) is 2.27. The first kappa shape index (κ1) is 14.7. The molecule has 0 amide bonds. The molecule has 0 radical (unpaired) electrons. The highest BCUT2D eigenvalue weighted by Crippen LogP contribution is 2.30. The number of nitro benzene ring substituents is 1. The summed E-state index contributed by atoms with van der Waals surface area (Å²) < 4.78 is 4.95. The van der Waals surface area contributed by atoms with Gasteiger partial charge in [0.15, 0.2) is 5.75 Å². The van der Waals surface area contributed by atoms with E-state index in [9.17, 15) is 14.9 Å². The number of benzene rings is 1. The minimum absolute atomic E-state index is 0.0535. The van der Waals surface area contributed by atoms with E-state index in [-0.39, 0.29) is 23.9 Å². The van der Waals surface area contributed by atoms with Gasteiger partial charge in [-0.15, -0.1) is 0 Å². The lowest BCUT2D eigenvalue weighted by molar-refractivity contribution is -0.385. The minimum atomic E-state index is -0.852. The Morgan fingerprint density at radius 1 is 1.58 bits per heavy atom. The maximum atomic E-state index is 10.7. The number of nitro groups is 1. The molecule has 0 fully saturated rings. The second-order valence-corrected chi connectivity index (χ2v) is 4.12. The Balaban J connectivity index is 2.74. The van der Waals surface area contributed by atoms with E-state index in [4.69, 9.17) is 9.84 Å². The van der Waals surface area contributed by atoms with Gasteiger partial charge in [0.05, 0.1) is 12.0 Å². The third-order valence-corrected chi connectivity index (χ3v) is 2.58. The van der Waals surface area contributed by atoms with Crippen molar-refractivity contribution in [3.05, 3.63) is 28.3 Å². The summed E-state index contributed by atoms with van der Waals surface area (Å²) in [6.07, 6.45) is 0.535. The monoisotopic (exact) mass is 268 g/mol. The Hall–Kier alpha value is -2.31. The van der Waals surface area contributed by atoms with Gasteiger partial charge >= 0.3 is 11.7 Å². The van der Waals surface area contributed by atoms with Crippen molar-refractivity contribution in [2.45, 2.75) is 25.8 Å². The number of nitrogens with zero attached hydrogens (tertiary/aromatic N) is 1. The molecule has 1 unspecified atom stereocenters. The number of methoxy groups -OCH3 is 1. The molecule has 0 saturated carbocycles. The van der Waals surface area contributed by atoms with E-state index in [2.05, 4.69) is 5.32 Å². The van der Waals surface area contributed by atoms with E-state index >= 15 is 0 Å². The van der Waals surface area contributed by atoms with Crippen LogP contribution >= 0.6 is 0 Å². The highest BCUT2D eigenvalue weighted by atomic mass is 16.6. The topological polar surface area (TPSA) is 102 Å². The number of ether oxygens (including phenoxy) is 1. The third-order valence-electron chi connectivity index (χ3n) is 2.58. The molecular weight excluding hydrogens is 252 g/mol. The molecule has 0 heterocycles. The SMILES string of the molecule is COc1cc(NC(C)CCC(=O)O)ccc1[N+](=O)[O-]. The molecule has 0 aromatic heterocycles. The van der Waals surface area contributed by atoms with Gasteiger partial charge in [-0.2, -0.15) is 0 Å². The first-order valence-electron chi connectivity index (χ1n) is 5.74. The van der Waals surface area contributed by atoms with Gasteiger partial charge in [0, 0.05) is 30.3 Å². The van der Waals surface area contributed by atoms with Crippen LogP contribution in [0.1, 0.15) is 19.8 Å². The van der Waals surface area contributed by atoms with Crippen LogP contribution < -0.4 is 10.1 Å². The number of aliphatic carboxylic acids is 1. The molecule has 0 saturated heterocycles. The van der Waals surface area contributed by atoms with Crippen LogP contribution in [0.5, 0.6) is 5.75 Å². The predicted molar refractivity (Wildman–Crippen MR) is 69.6 cm³/mol. The summed E-state index contributed by atoms with van der Waals surface area (Å²) in [7, 11) is 1.36. The second kappa shape index (κ2) is 6.58. The number of rotatable bonds is 7. The van der Waals surface area contributed by atoms with Crippen LogP contribution in [0.3, 0.4) is 0 Å². The fraction of sp³-hybridized carbons (Fsp3) is 0.417. The fourth-order valence-electron chi connectivity index (χ4n) is 1.61. The summed E-state index contributed by atoms with van der Waals surface area (Å²) >= 11 is 0. The van der Waals surface area contributed by atoms with Gasteiger partial charge in [-0.25, -0.2) is 0 Å². The summed E-state index contributed by atoms with van der Waals surface area (Å²) in [6.45, 7) is 1.84. The zero-order chi connectivity index (χ0) is 14.4. The Morgan fingerprint density at radius 3 is 2.79 bits per heavy atom. The van der Waals surface area contributed by atoms with Gasteiger partial charge in [-0.05, 0) is 19.4 Å². The van der Waals surface area contributed by atoms with Crippen molar-refractivity contribution in [1.82, 2.24) is 0 Å². The van der Waals surface area contributed by atoms with Crippen LogP contribution in [-0.2, 0) is 4.79 Å². The Kier molecular flexibility index (Phi) is 5.11. The van der Waals surface area contributed by atoms with E-state index in [1.54, 1.807) is 6.07 Å². The Morgan fingerprint density at radius 2 is 2.26 bits per heavy atom. The van der Waals surface area contributed by atoms with E-state index in [0.29, 0.717) is 12.1 Å². The molecule has 0 aliphatic carbocycles. The molecule has 104 valence electrons. The average Bonchev–Trinajstić information content (AvgIpc) is 2.35. The van der Waals surface area contributed by atoms with E-state index in [1.165, 1.54) is 19.2 Å². The van der Waals surface area contributed by atoms with Crippen LogP contribution in [0.2, 0.25) is 0 Å². The molecule has 1 aromatic rings. The van der Waals surface area contributed by atoms with Crippen LogP contribution in [-0.4, -0.2) is 29.2 Å². The van der Waals surface area contributed by atoms with Gasteiger partial charge in [-0.3, -0.25) is 14.9 Å². The molecule has 1 rings (SSSR count). The number of carbonyl (C=O) groups is 1. The van der Waals surface area contributed by atoms with E-state index < -0.39 is 10.9 Å². The van der Waals surface area contributed by atoms with Gasteiger partial charge in [-0.1, -0.05) is 0 Å². The highest BCUT2D eigenvalue weighted by Gasteiger charge is 2.15. The first-order chi connectivity index (χ1) is 8.93. The number of anilines is 1. The highest BCUT2D eigenvalue weighted by molar-refractivity contribution is 5.66. The number of hydrogen-bond donors (Lipinski definition) is 2. The molecule has 0 bridgehead atoms. The number of carboxylic acids is 1. The number of nitrogens with one attached hydrogen (secondary N) is 1. The van der Waals surface area contributed by atoms with Gasteiger partial charge in [0.1, 0.15) is 0 Å². The fourth-order valence-corrected chi connectivity index (χ4v) is 1.61. The summed E-state index contributed by atoms with van der Waals surface area (Å²) in [5.41, 5.74) is 0.548. The van der Waals surface area contributed by atoms with Gasteiger partial charge in [0.25, 0.3) is 0 Å². The molecule has 1 aromatic carbocycles. The average molecular weight is 268 g/mol. The van der Waals surface area contributed by atoms with Crippen molar-refractivity contribution in [2.75, 3.05) is 12.4 Å². The van der Waals surface area contributed by atoms with Gasteiger partial charge < -0.3 is 15.2 Å². The van der Waals surface area contributed by atoms with Crippen LogP contribution in [0.15, 0.2) is 18.2 Å². The summed E-state index contributed by atoms with van der Waals surface area (Å²) in [5.74, 6) is -0.685. The third kappa shape index (κ3) is 4.46. The molecule has 7 heteroatoms. The number of carboxylic acid groups (broad SMARTS) is 1. The molecule has 2 N–H and O–H groups in total. The van der Waals surface area contributed by atoms with Crippen molar-refractivity contribution < 1.29 is 19.6 Å². The van der Waals surface area contributed by atoms with Crippen molar-refractivity contribution in [3.8, 4) is 5.75 Å². The lowest BCUT2D eigenvalue weighted by atomic mass is 10.1. The van der Waals surface area contributed by atoms with E-state index in [0.717, 1.165) is 0 Å². The number of hydrogen-bond acceptors (Lipinski definition) is 5. The Bertz CT molecular complexity index is 475. The minimum Gasteiger partial charge on any atom is -0.490 e. The van der Waals surface area contributed by atoms with Crippen molar-refractivity contribution in [3.63, 3.8) is 0 Å². The summed E-state index contributed by atoms with van der Waals surface area (Å²) in [5, 5.41) is 22.4. The normalized spacial score (nSPS) is 11.7. The lowest BCUT2D eigenvalue weighted by Gasteiger charge is -2.14. The van der Waals surface area contributed by atoms with Crippen LogP contribution in [0.4, 0.5) is 11.4 Å². The molecule has 19 heavy (non-hydrogen) atoms. The van der Waals surface area contributed by atoms with Crippen molar-refractivity contribution >= 4 is 17.3 Å². The molecule has 0 aliphatic heterocycles. The molecule has 1 atom stereocenters. The summed E-state index contributed by atoms with van der Waals surface area (Å²) in [6, 6.07) is 4.39. The Labute approximate surface area is 110 Å². The largest absolute Gasteiger partial charge is 0.490 e. The molecule has 0 aliphatic rings. The van der Waals surface area contributed by atoms with Gasteiger partial charge in [0.2, 0.25) is 0 Å². The first-order valence-corrected chi connectivity index (χ1v) is 5.74. The lowest BCUT2D eigenvalue weighted by Crippen LogP contribution is -2.16. The molecule has 0 spiro atoms. The standard InChI is InChI=1S/C12H16N2O5/c1-8(3-6-12(15)16)13-9-4-5-10(14(17)18)11(7-9)19-2/h4-5,7-8,13H,3,6H2,1-2H3,(H,15,16). The molecular formula is C12H16N2O5. The zero-order valence-electron chi connectivity index (χ0n) is 10.8. The maximum absolute atomic E-state index is 10.7. The zero-order valence-corrected chi connectivity index (χ0v) is 10.8. The smallest absolute Gasteiger partial charge is 0.311 e.